The molecule has 0 fully saturated rings. The highest BCUT2D eigenvalue weighted by molar-refractivity contribution is 5.82. The van der Waals surface area contributed by atoms with E-state index in [2.05, 4.69) is 0 Å². The highest BCUT2D eigenvalue weighted by atomic mass is 16.5. The molecule has 0 aliphatic carbocycles. The summed E-state index contributed by atoms with van der Waals surface area (Å²) in [6.45, 7) is 9.12. The zero-order valence-corrected chi connectivity index (χ0v) is 9.63. The van der Waals surface area contributed by atoms with Crippen molar-refractivity contribution in [2.24, 2.45) is 5.92 Å². The minimum absolute atomic E-state index is 0.0215. The molecule has 0 saturated heterocycles. The number of allylic oxidation sites excluding steroid dienone is 1. The lowest BCUT2D eigenvalue weighted by Crippen LogP contribution is -2.27. The maximum absolute atomic E-state index is 11.2. The van der Waals surface area contributed by atoms with Gasteiger partial charge in [0.25, 0.3) is 0 Å². The van der Waals surface area contributed by atoms with Crippen LogP contribution in [0.15, 0.2) is 11.6 Å². The molecule has 14 heavy (non-hydrogen) atoms. The van der Waals surface area contributed by atoms with E-state index in [0.29, 0.717) is 5.92 Å². The molecule has 3 nitrogen and oxygen atoms in total. The molecule has 82 valence electrons. The van der Waals surface area contributed by atoms with Crippen LogP contribution >= 0.6 is 0 Å². The maximum atomic E-state index is 11.2. The molecule has 1 N–H and O–H groups in total. The van der Waals surface area contributed by atoms with E-state index in [4.69, 9.17) is 4.74 Å². The fourth-order valence-corrected chi connectivity index (χ4v) is 0.642. The Kier molecular flexibility index (Phi) is 4.85. The van der Waals surface area contributed by atoms with Crippen LogP contribution in [-0.4, -0.2) is 23.3 Å². The van der Waals surface area contributed by atoms with Crippen molar-refractivity contribution in [2.45, 2.75) is 40.2 Å². The third kappa shape index (κ3) is 6.66. The standard InChI is InChI=1S/C11H20O3/c1-8(2)9(3)6-10(12)14-7-11(4,5)13/h6,8,13H,7H2,1-5H3/b9-6+. The maximum Gasteiger partial charge on any atom is 0.330 e. The third-order valence-electron chi connectivity index (χ3n) is 1.82. The fourth-order valence-electron chi connectivity index (χ4n) is 0.642. The molecule has 0 aliphatic heterocycles. The minimum atomic E-state index is -0.963. The Morgan fingerprint density at radius 3 is 2.36 bits per heavy atom. The Balaban J connectivity index is 4.06. The van der Waals surface area contributed by atoms with Gasteiger partial charge in [-0.05, 0) is 26.7 Å². The molecule has 0 rings (SSSR count). The zero-order chi connectivity index (χ0) is 11.4. The second-order valence-electron chi connectivity index (χ2n) is 4.46. The van der Waals surface area contributed by atoms with Crippen molar-refractivity contribution in [1.29, 1.82) is 0 Å². The van der Waals surface area contributed by atoms with Crippen LogP contribution in [0, 0.1) is 5.92 Å². The summed E-state index contributed by atoms with van der Waals surface area (Å²) in [5, 5.41) is 9.31. The largest absolute Gasteiger partial charge is 0.459 e. The van der Waals surface area contributed by atoms with Gasteiger partial charge in [0, 0.05) is 6.08 Å². The first kappa shape index (κ1) is 13.2. The molecule has 0 atom stereocenters. The molecule has 0 amide bonds. The number of rotatable bonds is 4. The first-order valence-electron chi connectivity index (χ1n) is 4.79. The molecule has 0 spiro atoms. The monoisotopic (exact) mass is 200 g/mol. The van der Waals surface area contributed by atoms with Crippen LogP contribution in [0.1, 0.15) is 34.6 Å². The lowest BCUT2D eigenvalue weighted by atomic mass is 10.1. The lowest BCUT2D eigenvalue weighted by molar-refractivity contribution is -0.143. The number of carbonyl (C=O) groups excluding carboxylic acids is 1. The molecular formula is C11H20O3. The quantitative estimate of drug-likeness (QED) is 0.557. The second kappa shape index (κ2) is 5.15. The molecule has 0 aromatic rings. The topological polar surface area (TPSA) is 46.5 Å². The Morgan fingerprint density at radius 1 is 1.50 bits per heavy atom. The summed E-state index contributed by atoms with van der Waals surface area (Å²) < 4.78 is 4.86. The van der Waals surface area contributed by atoms with Gasteiger partial charge in [-0.25, -0.2) is 4.79 Å². The summed E-state index contributed by atoms with van der Waals surface area (Å²) in [6, 6.07) is 0. The highest BCUT2D eigenvalue weighted by Crippen LogP contribution is 2.08. The van der Waals surface area contributed by atoms with E-state index in [9.17, 15) is 9.90 Å². The molecule has 0 aromatic heterocycles. The van der Waals surface area contributed by atoms with Gasteiger partial charge in [-0.3, -0.25) is 0 Å². The molecule has 0 heterocycles. The Morgan fingerprint density at radius 2 is 2.00 bits per heavy atom. The first-order valence-corrected chi connectivity index (χ1v) is 4.79. The van der Waals surface area contributed by atoms with Gasteiger partial charge in [0.15, 0.2) is 0 Å². The van der Waals surface area contributed by atoms with Gasteiger partial charge in [-0.2, -0.15) is 0 Å². The van der Waals surface area contributed by atoms with Crippen molar-refractivity contribution in [2.75, 3.05) is 6.61 Å². The number of carbonyl (C=O) groups is 1. The number of hydrogen-bond acceptors (Lipinski definition) is 3. The van der Waals surface area contributed by atoms with Crippen LogP contribution in [0.2, 0.25) is 0 Å². The summed E-state index contributed by atoms with van der Waals surface area (Å²) in [5.41, 5.74) is 0.0145. The lowest BCUT2D eigenvalue weighted by Gasteiger charge is -2.16. The normalized spacial score (nSPS) is 13.2. The predicted molar refractivity (Wildman–Crippen MR) is 55.9 cm³/mol. The Hall–Kier alpha value is -0.830. The average molecular weight is 200 g/mol. The minimum Gasteiger partial charge on any atom is -0.459 e. The molecule has 0 unspecified atom stereocenters. The van der Waals surface area contributed by atoms with Gasteiger partial charge in [0.05, 0.1) is 5.60 Å². The molecule has 0 saturated carbocycles. The van der Waals surface area contributed by atoms with E-state index in [1.165, 1.54) is 6.08 Å². The Bertz CT molecular complexity index is 221. The number of aliphatic hydroxyl groups is 1. The highest BCUT2D eigenvalue weighted by Gasteiger charge is 2.14. The second-order valence-corrected chi connectivity index (χ2v) is 4.46. The summed E-state index contributed by atoms with van der Waals surface area (Å²) in [5.74, 6) is -0.0528. The molecule has 0 bridgehead atoms. The zero-order valence-electron chi connectivity index (χ0n) is 9.63. The van der Waals surface area contributed by atoms with Crippen LogP contribution in [0.4, 0.5) is 0 Å². The van der Waals surface area contributed by atoms with Crippen LogP contribution in [0.3, 0.4) is 0 Å². The van der Waals surface area contributed by atoms with Gasteiger partial charge in [0.1, 0.15) is 6.61 Å². The summed E-state index contributed by atoms with van der Waals surface area (Å²) in [4.78, 5) is 11.2. The SMILES string of the molecule is C/C(=C\C(=O)OCC(C)(C)O)C(C)C. The average Bonchev–Trinajstić information content (AvgIpc) is 1.99. The smallest absolute Gasteiger partial charge is 0.330 e. The van der Waals surface area contributed by atoms with Gasteiger partial charge in [-0.1, -0.05) is 19.4 Å². The van der Waals surface area contributed by atoms with Crippen molar-refractivity contribution in [3.63, 3.8) is 0 Å². The molecule has 0 radical (unpaired) electrons. The molecule has 0 aliphatic rings. The fraction of sp³-hybridized carbons (Fsp3) is 0.727. The summed E-state index contributed by atoms with van der Waals surface area (Å²) in [6.07, 6.45) is 1.47. The van der Waals surface area contributed by atoms with Crippen molar-refractivity contribution >= 4 is 5.97 Å². The Labute approximate surface area is 85.8 Å². The number of esters is 1. The van der Waals surface area contributed by atoms with E-state index in [1.54, 1.807) is 13.8 Å². The van der Waals surface area contributed by atoms with E-state index in [0.717, 1.165) is 5.57 Å². The molecular weight excluding hydrogens is 180 g/mol. The van der Waals surface area contributed by atoms with Crippen molar-refractivity contribution in [1.82, 2.24) is 0 Å². The van der Waals surface area contributed by atoms with Gasteiger partial charge >= 0.3 is 5.97 Å². The molecule has 3 heteroatoms. The number of hydrogen-bond donors (Lipinski definition) is 1. The predicted octanol–water partition coefficient (Wildman–Crippen LogP) is 1.90. The van der Waals surface area contributed by atoms with E-state index in [-0.39, 0.29) is 6.61 Å². The summed E-state index contributed by atoms with van der Waals surface area (Å²) >= 11 is 0. The van der Waals surface area contributed by atoms with E-state index >= 15 is 0 Å². The van der Waals surface area contributed by atoms with Crippen molar-refractivity contribution in [3.8, 4) is 0 Å². The number of ether oxygens (including phenoxy) is 1. The van der Waals surface area contributed by atoms with Crippen LogP contribution in [0.5, 0.6) is 0 Å². The molecule has 0 aromatic carbocycles. The van der Waals surface area contributed by atoms with Crippen LogP contribution in [-0.2, 0) is 9.53 Å². The van der Waals surface area contributed by atoms with E-state index in [1.807, 2.05) is 20.8 Å². The van der Waals surface area contributed by atoms with Crippen LogP contribution in [0.25, 0.3) is 0 Å². The van der Waals surface area contributed by atoms with Gasteiger partial charge < -0.3 is 9.84 Å². The first-order chi connectivity index (χ1) is 6.22. The van der Waals surface area contributed by atoms with Crippen molar-refractivity contribution < 1.29 is 14.6 Å². The van der Waals surface area contributed by atoms with Gasteiger partial charge in [0.2, 0.25) is 0 Å². The van der Waals surface area contributed by atoms with Crippen molar-refractivity contribution in [3.05, 3.63) is 11.6 Å². The van der Waals surface area contributed by atoms with E-state index < -0.39 is 11.6 Å². The summed E-state index contributed by atoms with van der Waals surface area (Å²) in [7, 11) is 0. The van der Waals surface area contributed by atoms with Gasteiger partial charge in [-0.15, -0.1) is 0 Å². The third-order valence-corrected chi connectivity index (χ3v) is 1.82. The van der Waals surface area contributed by atoms with Crippen LogP contribution < -0.4 is 0 Å².